The van der Waals surface area contributed by atoms with E-state index in [9.17, 15) is 9.90 Å². The predicted molar refractivity (Wildman–Crippen MR) is 77.5 cm³/mol. The van der Waals surface area contributed by atoms with Crippen molar-refractivity contribution >= 4 is 40.2 Å². The van der Waals surface area contributed by atoms with Crippen LogP contribution in [0.3, 0.4) is 0 Å². The lowest BCUT2D eigenvalue weighted by atomic mass is 10.2. The summed E-state index contributed by atoms with van der Waals surface area (Å²) in [5.41, 5.74) is 0.848. The first kappa shape index (κ1) is 13.0. The summed E-state index contributed by atoms with van der Waals surface area (Å²) in [7, 11) is 0. The number of rotatable bonds is 2. The zero-order valence-electron chi connectivity index (χ0n) is 9.22. The Kier molecular flexibility index (Phi) is 3.93. The molecule has 0 saturated carbocycles. The smallest absolute Gasteiger partial charge is 0.259 e. The van der Waals surface area contributed by atoms with Crippen molar-refractivity contribution in [2.75, 3.05) is 5.32 Å². The van der Waals surface area contributed by atoms with Crippen LogP contribution >= 0.6 is 28.6 Å². The van der Waals surface area contributed by atoms with Gasteiger partial charge < -0.3 is 10.4 Å². The minimum absolute atomic E-state index is 0.0577. The normalized spacial score (nSPS) is 10.1. The zero-order chi connectivity index (χ0) is 13.1. The van der Waals surface area contributed by atoms with Gasteiger partial charge in [-0.2, -0.15) is 0 Å². The van der Waals surface area contributed by atoms with Crippen LogP contribution in [0.25, 0.3) is 0 Å². The Bertz CT molecular complexity index is 601. The summed E-state index contributed by atoms with van der Waals surface area (Å²) in [6.07, 6.45) is 0. The molecule has 2 aromatic carbocycles. The predicted octanol–water partition coefficient (Wildman–Crippen LogP) is 3.70. The molecule has 0 heterocycles. The van der Waals surface area contributed by atoms with Crippen molar-refractivity contribution in [2.24, 2.45) is 0 Å². The van der Waals surface area contributed by atoms with Crippen LogP contribution in [0.15, 0.2) is 51.8 Å². The molecule has 18 heavy (non-hydrogen) atoms. The van der Waals surface area contributed by atoms with Crippen LogP contribution in [0, 0.1) is 0 Å². The number of amides is 1. The van der Waals surface area contributed by atoms with Gasteiger partial charge in [-0.05, 0) is 36.4 Å². The van der Waals surface area contributed by atoms with Crippen molar-refractivity contribution < 1.29 is 9.90 Å². The lowest BCUT2D eigenvalue weighted by molar-refractivity contribution is 0.102. The second-order valence-electron chi connectivity index (χ2n) is 3.67. The Balaban J connectivity index is 2.24. The Morgan fingerprint density at radius 3 is 2.72 bits per heavy atom. The lowest BCUT2D eigenvalue weighted by Gasteiger charge is -2.07. The fourth-order valence-electron chi connectivity index (χ4n) is 1.47. The van der Waals surface area contributed by atoms with Gasteiger partial charge in [0.05, 0.1) is 5.56 Å². The minimum atomic E-state index is -0.368. The fraction of sp³-hybridized carbons (Fsp3) is 0. The SMILES string of the molecule is O=C(Nc1cccc(S)c1)c1cc(Br)ccc1O. The Labute approximate surface area is 118 Å². The summed E-state index contributed by atoms with van der Waals surface area (Å²) >= 11 is 7.45. The molecular weight excluding hydrogens is 314 g/mol. The molecule has 0 bridgehead atoms. The Morgan fingerprint density at radius 2 is 2.00 bits per heavy atom. The number of phenolic OH excluding ortho intramolecular Hbond substituents is 1. The van der Waals surface area contributed by atoms with E-state index in [-0.39, 0.29) is 17.2 Å². The minimum Gasteiger partial charge on any atom is -0.507 e. The Morgan fingerprint density at radius 1 is 1.22 bits per heavy atom. The molecular formula is C13H10BrNO2S. The molecule has 0 aliphatic heterocycles. The molecule has 0 fully saturated rings. The van der Waals surface area contributed by atoms with Gasteiger partial charge in [0.25, 0.3) is 5.91 Å². The van der Waals surface area contributed by atoms with Gasteiger partial charge in [0.15, 0.2) is 0 Å². The number of phenols is 1. The van der Waals surface area contributed by atoms with E-state index in [1.54, 1.807) is 30.3 Å². The number of nitrogens with one attached hydrogen (secondary N) is 1. The van der Waals surface area contributed by atoms with Crippen LogP contribution < -0.4 is 5.32 Å². The maximum Gasteiger partial charge on any atom is 0.259 e. The maximum atomic E-state index is 12.0. The first-order valence-corrected chi connectivity index (χ1v) is 6.39. The van der Waals surface area contributed by atoms with E-state index in [2.05, 4.69) is 33.9 Å². The number of thiol groups is 1. The Hall–Kier alpha value is -1.46. The van der Waals surface area contributed by atoms with Gasteiger partial charge in [0.1, 0.15) is 5.75 Å². The zero-order valence-corrected chi connectivity index (χ0v) is 11.7. The largest absolute Gasteiger partial charge is 0.507 e. The van der Waals surface area contributed by atoms with Gasteiger partial charge in [-0.1, -0.05) is 22.0 Å². The number of carbonyl (C=O) groups is 1. The second kappa shape index (κ2) is 5.46. The number of anilines is 1. The van der Waals surface area contributed by atoms with Gasteiger partial charge in [0, 0.05) is 15.1 Å². The van der Waals surface area contributed by atoms with E-state index in [0.717, 1.165) is 9.37 Å². The van der Waals surface area contributed by atoms with Crippen molar-refractivity contribution in [1.29, 1.82) is 0 Å². The molecule has 0 saturated heterocycles. The van der Waals surface area contributed by atoms with E-state index < -0.39 is 0 Å². The van der Waals surface area contributed by atoms with E-state index in [1.807, 2.05) is 6.07 Å². The number of aromatic hydroxyl groups is 1. The highest BCUT2D eigenvalue weighted by atomic mass is 79.9. The number of halogens is 1. The van der Waals surface area contributed by atoms with Crippen LogP contribution in [0.5, 0.6) is 5.75 Å². The molecule has 2 N–H and O–H groups in total. The third kappa shape index (κ3) is 3.05. The van der Waals surface area contributed by atoms with Crippen LogP contribution in [0.4, 0.5) is 5.69 Å². The van der Waals surface area contributed by atoms with E-state index >= 15 is 0 Å². The highest BCUT2D eigenvalue weighted by Crippen LogP contribution is 2.23. The third-order valence-corrected chi connectivity index (χ3v) is 3.08. The number of carbonyl (C=O) groups excluding carboxylic acids is 1. The average molecular weight is 324 g/mol. The van der Waals surface area contributed by atoms with Gasteiger partial charge >= 0.3 is 0 Å². The summed E-state index contributed by atoms with van der Waals surface area (Å²) < 4.78 is 0.730. The van der Waals surface area contributed by atoms with Crippen LogP contribution in [0.2, 0.25) is 0 Å². The topological polar surface area (TPSA) is 49.3 Å². The first-order valence-electron chi connectivity index (χ1n) is 5.15. The number of hydrogen-bond donors (Lipinski definition) is 3. The van der Waals surface area contributed by atoms with Gasteiger partial charge in [0.2, 0.25) is 0 Å². The molecule has 3 nitrogen and oxygen atoms in total. The highest BCUT2D eigenvalue weighted by molar-refractivity contribution is 9.10. The summed E-state index contributed by atoms with van der Waals surface area (Å²) in [6.45, 7) is 0. The van der Waals surface area contributed by atoms with E-state index in [1.165, 1.54) is 6.07 Å². The summed E-state index contributed by atoms with van der Waals surface area (Å²) in [6, 6.07) is 11.8. The molecule has 2 rings (SSSR count). The molecule has 0 spiro atoms. The molecule has 0 radical (unpaired) electrons. The summed E-state index contributed by atoms with van der Waals surface area (Å²) in [4.78, 5) is 12.7. The standard InChI is InChI=1S/C13H10BrNO2S/c14-8-4-5-12(16)11(6-8)13(17)15-9-2-1-3-10(18)7-9/h1-7,16,18H,(H,15,17). The van der Waals surface area contributed by atoms with E-state index in [0.29, 0.717) is 5.69 Å². The second-order valence-corrected chi connectivity index (χ2v) is 5.10. The van der Waals surface area contributed by atoms with Crippen molar-refractivity contribution in [3.8, 4) is 5.75 Å². The summed E-state index contributed by atoms with van der Waals surface area (Å²) in [5.74, 6) is -0.425. The molecule has 0 aromatic heterocycles. The van der Waals surface area contributed by atoms with Gasteiger partial charge in [-0.3, -0.25) is 4.79 Å². The van der Waals surface area contributed by atoms with Crippen LogP contribution in [0.1, 0.15) is 10.4 Å². The number of benzene rings is 2. The monoisotopic (exact) mass is 323 g/mol. The van der Waals surface area contributed by atoms with Crippen LogP contribution in [-0.2, 0) is 0 Å². The molecule has 0 aliphatic carbocycles. The molecule has 0 atom stereocenters. The molecule has 2 aromatic rings. The van der Waals surface area contributed by atoms with Gasteiger partial charge in [-0.15, -0.1) is 12.6 Å². The third-order valence-electron chi connectivity index (χ3n) is 2.31. The number of hydrogen-bond acceptors (Lipinski definition) is 3. The maximum absolute atomic E-state index is 12.0. The highest BCUT2D eigenvalue weighted by Gasteiger charge is 2.11. The molecule has 1 amide bonds. The van der Waals surface area contributed by atoms with Crippen LogP contribution in [-0.4, -0.2) is 11.0 Å². The van der Waals surface area contributed by atoms with Crippen molar-refractivity contribution in [2.45, 2.75) is 4.90 Å². The fourth-order valence-corrected chi connectivity index (χ4v) is 2.06. The average Bonchev–Trinajstić information content (AvgIpc) is 2.32. The molecule has 0 aliphatic rings. The van der Waals surface area contributed by atoms with E-state index in [4.69, 9.17) is 0 Å². The lowest BCUT2D eigenvalue weighted by Crippen LogP contribution is -2.12. The van der Waals surface area contributed by atoms with Crippen molar-refractivity contribution in [3.05, 3.63) is 52.5 Å². The molecule has 5 heteroatoms. The molecule has 92 valence electrons. The van der Waals surface area contributed by atoms with Crippen molar-refractivity contribution in [1.82, 2.24) is 0 Å². The molecule has 0 unspecified atom stereocenters. The quantitative estimate of drug-likeness (QED) is 0.738. The first-order chi connectivity index (χ1) is 8.56. The van der Waals surface area contributed by atoms with Crippen molar-refractivity contribution in [3.63, 3.8) is 0 Å². The summed E-state index contributed by atoms with van der Waals surface area (Å²) in [5, 5.41) is 12.3. The van der Waals surface area contributed by atoms with Gasteiger partial charge in [-0.25, -0.2) is 0 Å².